The number of hydrogen-bond acceptors (Lipinski definition) is 1. The van der Waals surface area contributed by atoms with Crippen LogP contribution in [-0.2, 0) is 7.05 Å². The Hall–Kier alpha value is -1.62. The molecule has 0 aliphatic rings. The van der Waals surface area contributed by atoms with Gasteiger partial charge in [-0.3, -0.25) is 0 Å². The van der Waals surface area contributed by atoms with Gasteiger partial charge >= 0.3 is 5.89 Å². The summed E-state index contributed by atoms with van der Waals surface area (Å²) in [6.45, 7) is 0. The summed E-state index contributed by atoms with van der Waals surface area (Å²) < 4.78 is 7.96. The molecule has 3 heteroatoms. The molecular formula is C16H14INO. The Kier molecular flexibility index (Phi) is 4.37. The van der Waals surface area contributed by atoms with Crippen LogP contribution in [0, 0.1) is 0 Å². The number of aryl methyl sites for hydroxylation is 1. The van der Waals surface area contributed by atoms with Gasteiger partial charge in [-0.05, 0) is 12.1 Å². The molecule has 0 spiro atoms. The molecule has 0 fully saturated rings. The summed E-state index contributed by atoms with van der Waals surface area (Å²) in [5.74, 6) is 1.76. The van der Waals surface area contributed by atoms with Crippen LogP contribution in [0.1, 0.15) is 0 Å². The predicted molar refractivity (Wildman–Crippen MR) is 70.8 cm³/mol. The molecule has 0 N–H and O–H groups in total. The first-order valence-corrected chi connectivity index (χ1v) is 5.95. The lowest BCUT2D eigenvalue weighted by Crippen LogP contribution is -3.00. The summed E-state index contributed by atoms with van der Waals surface area (Å²) in [6, 6.07) is 20.3. The molecule has 0 atom stereocenters. The van der Waals surface area contributed by atoms with E-state index >= 15 is 0 Å². The molecule has 0 saturated carbocycles. The van der Waals surface area contributed by atoms with Crippen LogP contribution in [0.25, 0.3) is 22.8 Å². The second kappa shape index (κ2) is 6.02. The highest BCUT2D eigenvalue weighted by Gasteiger charge is 2.18. The van der Waals surface area contributed by atoms with Crippen molar-refractivity contribution in [1.82, 2.24) is 0 Å². The van der Waals surface area contributed by atoms with Crippen molar-refractivity contribution >= 4 is 0 Å². The SMILES string of the molecule is C[n+]1cc(-c2ccccc2)oc1-c1ccccc1.[I-]. The van der Waals surface area contributed by atoms with Gasteiger partial charge in [-0.25, -0.2) is 0 Å². The van der Waals surface area contributed by atoms with Crippen molar-refractivity contribution < 1.29 is 33.0 Å². The maximum atomic E-state index is 5.95. The van der Waals surface area contributed by atoms with Crippen LogP contribution in [0.4, 0.5) is 0 Å². The second-order valence-corrected chi connectivity index (χ2v) is 4.24. The fourth-order valence-corrected chi connectivity index (χ4v) is 2.02. The number of benzene rings is 2. The molecule has 1 heterocycles. The van der Waals surface area contributed by atoms with E-state index in [1.54, 1.807) is 0 Å². The Labute approximate surface area is 129 Å². The fourth-order valence-electron chi connectivity index (χ4n) is 2.02. The lowest BCUT2D eigenvalue weighted by atomic mass is 10.2. The standard InChI is InChI=1S/C16H14NO.HI/c1-17-12-15(13-8-4-2-5-9-13)18-16(17)14-10-6-3-7-11-14;/h2-12H,1H3;1H/q+1;/p-1. The van der Waals surface area contributed by atoms with Crippen LogP contribution >= 0.6 is 0 Å². The molecule has 2 nitrogen and oxygen atoms in total. The molecule has 19 heavy (non-hydrogen) atoms. The molecule has 0 amide bonds. The maximum Gasteiger partial charge on any atom is 0.380 e. The minimum atomic E-state index is 0. The molecule has 1 aromatic heterocycles. The van der Waals surface area contributed by atoms with Gasteiger partial charge in [0.05, 0.1) is 5.56 Å². The zero-order valence-electron chi connectivity index (χ0n) is 10.6. The summed E-state index contributed by atoms with van der Waals surface area (Å²) in [4.78, 5) is 0. The van der Waals surface area contributed by atoms with Crippen molar-refractivity contribution in [2.75, 3.05) is 0 Å². The highest BCUT2D eigenvalue weighted by molar-refractivity contribution is 5.58. The van der Waals surface area contributed by atoms with Crippen LogP contribution in [0.15, 0.2) is 71.3 Å². The van der Waals surface area contributed by atoms with Crippen molar-refractivity contribution in [1.29, 1.82) is 0 Å². The average molecular weight is 363 g/mol. The summed E-state index contributed by atoms with van der Waals surface area (Å²) >= 11 is 0. The third-order valence-electron chi connectivity index (χ3n) is 2.92. The summed E-state index contributed by atoms with van der Waals surface area (Å²) in [5, 5.41) is 0. The van der Waals surface area contributed by atoms with Gasteiger partial charge in [0.1, 0.15) is 7.05 Å². The van der Waals surface area contributed by atoms with Crippen molar-refractivity contribution in [3.8, 4) is 22.8 Å². The van der Waals surface area contributed by atoms with Gasteiger partial charge < -0.3 is 28.4 Å². The van der Waals surface area contributed by atoms with E-state index < -0.39 is 0 Å². The minimum Gasteiger partial charge on any atom is -1.00 e. The van der Waals surface area contributed by atoms with Gasteiger partial charge in [-0.1, -0.05) is 48.5 Å². The molecule has 0 aliphatic carbocycles. The molecule has 0 aliphatic heterocycles. The van der Waals surface area contributed by atoms with Crippen LogP contribution in [0.2, 0.25) is 0 Å². The lowest BCUT2D eigenvalue weighted by Gasteiger charge is -1.92. The summed E-state index contributed by atoms with van der Waals surface area (Å²) in [6.07, 6.45) is 2.01. The Balaban J connectivity index is 0.00000133. The molecule has 0 saturated heterocycles. The number of halogens is 1. The van der Waals surface area contributed by atoms with E-state index in [-0.39, 0.29) is 24.0 Å². The Bertz CT molecular complexity index is 647. The third kappa shape index (κ3) is 2.87. The van der Waals surface area contributed by atoms with E-state index in [9.17, 15) is 0 Å². The van der Waals surface area contributed by atoms with Gasteiger partial charge in [0.25, 0.3) is 0 Å². The third-order valence-corrected chi connectivity index (χ3v) is 2.92. The maximum absolute atomic E-state index is 5.95. The molecule has 0 unspecified atom stereocenters. The van der Waals surface area contributed by atoms with E-state index in [0.717, 1.165) is 22.8 Å². The van der Waals surface area contributed by atoms with Crippen LogP contribution < -0.4 is 28.5 Å². The lowest BCUT2D eigenvalue weighted by molar-refractivity contribution is -0.662. The zero-order chi connectivity index (χ0) is 12.4. The number of nitrogens with zero attached hydrogens (tertiary/aromatic N) is 1. The van der Waals surface area contributed by atoms with Gasteiger partial charge in [0.2, 0.25) is 12.0 Å². The van der Waals surface area contributed by atoms with Crippen LogP contribution in [-0.4, -0.2) is 0 Å². The Morgan fingerprint density at radius 2 is 1.32 bits per heavy atom. The normalized spacial score (nSPS) is 9.95. The van der Waals surface area contributed by atoms with Gasteiger partial charge in [-0.2, -0.15) is 4.57 Å². The first-order chi connectivity index (χ1) is 8.84. The van der Waals surface area contributed by atoms with Crippen molar-refractivity contribution in [2.24, 2.45) is 7.05 Å². The van der Waals surface area contributed by atoms with E-state index in [4.69, 9.17) is 4.42 Å². The molecular weight excluding hydrogens is 349 g/mol. The molecule has 2 aromatic carbocycles. The summed E-state index contributed by atoms with van der Waals surface area (Å²) in [5.41, 5.74) is 2.18. The van der Waals surface area contributed by atoms with Gasteiger partial charge in [-0.15, -0.1) is 0 Å². The molecule has 3 aromatic rings. The number of aromatic nitrogens is 1. The van der Waals surface area contributed by atoms with Crippen LogP contribution in [0.3, 0.4) is 0 Å². The number of rotatable bonds is 2. The largest absolute Gasteiger partial charge is 1.00 e. The smallest absolute Gasteiger partial charge is 0.380 e. The predicted octanol–water partition coefficient (Wildman–Crippen LogP) is 0.442. The monoisotopic (exact) mass is 363 g/mol. The number of oxazole rings is 1. The van der Waals surface area contributed by atoms with Crippen molar-refractivity contribution in [3.63, 3.8) is 0 Å². The van der Waals surface area contributed by atoms with Gasteiger partial charge in [0, 0.05) is 5.56 Å². The molecule has 0 radical (unpaired) electrons. The molecule has 0 bridgehead atoms. The Morgan fingerprint density at radius 1 is 0.789 bits per heavy atom. The fraction of sp³-hybridized carbons (Fsp3) is 0.0625. The van der Waals surface area contributed by atoms with Crippen molar-refractivity contribution in [3.05, 3.63) is 66.9 Å². The van der Waals surface area contributed by atoms with E-state index in [1.807, 2.05) is 78.5 Å². The highest BCUT2D eigenvalue weighted by Crippen LogP contribution is 2.23. The molecule has 96 valence electrons. The summed E-state index contributed by atoms with van der Waals surface area (Å²) in [7, 11) is 2.00. The number of hydrogen-bond donors (Lipinski definition) is 0. The second-order valence-electron chi connectivity index (χ2n) is 4.24. The van der Waals surface area contributed by atoms with E-state index in [2.05, 4.69) is 0 Å². The van der Waals surface area contributed by atoms with E-state index in [0.29, 0.717) is 0 Å². The van der Waals surface area contributed by atoms with Crippen molar-refractivity contribution in [2.45, 2.75) is 0 Å². The first kappa shape index (κ1) is 13.8. The van der Waals surface area contributed by atoms with Gasteiger partial charge in [0.15, 0.2) is 0 Å². The quantitative estimate of drug-likeness (QED) is 0.477. The first-order valence-electron chi connectivity index (χ1n) is 5.95. The van der Waals surface area contributed by atoms with E-state index in [1.165, 1.54) is 0 Å². The average Bonchev–Trinajstić information content (AvgIpc) is 2.83. The highest BCUT2D eigenvalue weighted by atomic mass is 127. The Morgan fingerprint density at radius 3 is 1.89 bits per heavy atom. The zero-order valence-corrected chi connectivity index (χ0v) is 12.7. The topological polar surface area (TPSA) is 17.0 Å². The minimum absolute atomic E-state index is 0. The van der Waals surface area contributed by atoms with Crippen LogP contribution in [0.5, 0.6) is 0 Å². The molecule has 3 rings (SSSR count).